The maximum absolute atomic E-state index is 12.3. The summed E-state index contributed by atoms with van der Waals surface area (Å²) in [5.74, 6) is -1.20. The van der Waals surface area contributed by atoms with Crippen LogP contribution in [-0.2, 0) is 26.0 Å². The number of hydrogen-bond acceptors (Lipinski definition) is 5. The summed E-state index contributed by atoms with van der Waals surface area (Å²) in [5.41, 5.74) is 3.06. The van der Waals surface area contributed by atoms with E-state index in [1.165, 1.54) is 24.3 Å². The molecule has 1 amide bonds. The van der Waals surface area contributed by atoms with Crippen molar-refractivity contribution in [2.75, 3.05) is 22.9 Å². The van der Waals surface area contributed by atoms with E-state index >= 15 is 0 Å². The summed E-state index contributed by atoms with van der Waals surface area (Å²) in [7, 11) is -3.47. The molecule has 31 heavy (non-hydrogen) atoms. The Balaban J connectivity index is 1.60. The molecule has 8 heteroatoms. The van der Waals surface area contributed by atoms with Gasteiger partial charge in [0.2, 0.25) is 10.0 Å². The number of amides is 1. The molecule has 0 aliphatic carbocycles. The van der Waals surface area contributed by atoms with Gasteiger partial charge in [-0.15, -0.1) is 0 Å². The Morgan fingerprint density at radius 2 is 1.61 bits per heavy atom. The SMILES string of the molecule is CS(=O)(=O)Nc1cccc(C(=O)OCC(=O)Nc2ccccc2Cc2ccccc2)c1. The number of benzene rings is 3. The molecule has 0 bridgehead atoms. The summed E-state index contributed by atoms with van der Waals surface area (Å²) in [6.45, 7) is -0.470. The molecule has 0 fully saturated rings. The predicted molar refractivity (Wildman–Crippen MR) is 120 cm³/mol. The highest BCUT2D eigenvalue weighted by Gasteiger charge is 2.13. The summed E-state index contributed by atoms with van der Waals surface area (Å²) in [4.78, 5) is 24.6. The quantitative estimate of drug-likeness (QED) is 0.525. The zero-order chi connectivity index (χ0) is 22.3. The van der Waals surface area contributed by atoms with Crippen LogP contribution in [0.4, 0.5) is 11.4 Å². The van der Waals surface area contributed by atoms with Crippen molar-refractivity contribution in [3.05, 3.63) is 95.6 Å². The Bertz CT molecular complexity index is 1180. The van der Waals surface area contributed by atoms with E-state index in [2.05, 4.69) is 10.0 Å². The van der Waals surface area contributed by atoms with Gasteiger partial charge in [-0.25, -0.2) is 13.2 Å². The van der Waals surface area contributed by atoms with Crippen LogP contribution in [0.5, 0.6) is 0 Å². The van der Waals surface area contributed by atoms with Gasteiger partial charge in [-0.1, -0.05) is 54.6 Å². The van der Waals surface area contributed by atoms with E-state index in [1.807, 2.05) is 48.5 Å². The smallest absolute Gasteiger partial charge is 0.338 e. The highest BCUT2D eigenvalue weighted by atomic mass is 32.2. The summed E-state index contributed by atoms with van der Waals surface area (Å²) in [6.07, 6.45) is 1.66. The molecule has 7 nitrogen and oxygen atoms in total. The molecule has 0 spiro atoms. The highest BCUT2D eigenvalue weighted by molar-refractivity contribution is 7.92. The molecule has 0 radical (unpaired) electrons. The first-order valence-electron chi connectivity index (χ1n) is 9.47. The van der Waals surface area contributed by atoms with E-state index in [0.717, 1.165) is 17.4 Å². The number of hydrogen-bond donors (Lipinski definition) is 2. The van der Waals surface area contributed by atoms with Gasteiger partial charge in [0.25, 0.3) is 5.91 Å². The standard InChI is InChI=1S/C23H22N2O5S/c1-31(28,29)25-20-12-7-11-19(15-20)23(27)30-16-22(26)24-21-13-6-5-10-18(21)14-17-8-3-2-4-9-17/h2-13,15,25H,14,16H2,1H3,(H,24,26). The Morgan fingerprint density at radius 1 is 0.903 bits per heavy atom. The summed E-state index contributed by atoms with van der Waals surface area (Å²) < 4.78 is 30.0. The average Bonchev–Trinajstić information content (AvgIpc) is 2.73. The van der Waals surface area contributed by atoms with E-state index in [9.17, 15) is 18.0 Å². The molecule has 3 rings (SSSR count). The average molecular weight is 439 g/mol. The number of carbonyl (C=O) groups excluding carboxylic acids is 2. The third-order valence-corrected chi connectivity index (χ3v) is 4.87. The zero-order valence-corrected chi connectivity index (χ0v) is 17.7. The van der Waals surface area contributed by atoms with Crippen molar-refractivity contribution in [3.8, 4) is 0 Å². The van der Waals surface area contributed by atoms with Crippen molar-refractivity contribution in [3.63, 3.8) is 0 Å². The number of nitrogens with one attached hydrogen (secondary N) is 2. The monoisotopic (exact) mass is 438 g/mol. The summed E-state index contributed by atoms with van der Waals surface area (Å²) in [5, 5.41) is 2.77. The lowest BCUT2D eigenvalue weighted by molar-refractivity contribution is -0.119. The van der Waals surface area contributed by atoms with Crippen molar-refractivity contribution >= 4 is 33.3 Å². The number of ether oxygens (including phenoxy) is 1. The zero-order valence-electron chi connectivity index (χ0n) is 16.9. The van der Waals surface area contributed by atoms with Gasteiger partial charge in [-0.2, -0.15) is 0 Å². The lowest BCUT2D eigenvalue weighted by Crippen LogP contribution is -2.21. The van der Waals surface area contributed by atoms with Gasteiger partial charge in [0.1, 0.15) is 0 Å². The van der Waals surface area contributed by atoms with Crippen molar-refractivity contribution in [2.24, 2.45) is 0 Å². The van der Waals surface area contributed by atoms with Crippen molar-refractivity contribution in [1.29, 1.82) is 0 Å². The maximum Gasteiger partial charge on any atom is 0.338 e. The molecule has 0 aliphatic rings. The fourth-order valence-corrected chi connectivity index (χ4v) is 3.49. The molecule has 0 heterocycles. The Morgan fingerprint density at radius 3 is 2.35 bits per heavy atom. The van der Waals surface area contributed by atoms with Crippen molar-refractivity contribution < 1.29 is 22.7 Å². The van der Waals surface area contributed by atoms with Crippen LogP contribution in [-0.4, -0.2) is 33.2 Å². The minimum absolute atomic E-state index is 0.130. The number of anilines is 2. The van der Waals surface area contributed by atoms with E-state index in [4.69, 9.17) is 4.74 Å². The second-order valence-corrected chi connectivity index (χ2v) is 8.65. The molecule has 0 unspecified atom stereocenters. The van der Waals surface area contributed by atoms with Gasteiger partial charge in [-0.05, 0) is 41.8 Å². The minimum Gasteiger partial charge on any atom is -0.452 e. The normalized spacial score (nSPS) is 10.9. The molecule has 2 N–H and O–H groups in total. The van der Waals surface area contributed by atoms with Crippen LogP contribution in [0.15, 0.2) is 78.9 Å². The summed E-state index contributed by atoms with van der Waals surface area (Å²) in [6, 6.07) is 23.1. The number of sulfonamides is 1. The number of carbonyl (C=O) groups is 2. The molecule has 0 aromatic heterocycles. The first-order valence-corrected chi connectivity index (χ1v) is 11.4. The molecular weight excluding hydrogens is 416 g/mol. The molecular formula is C23H22N2O5S. The van der Waals surface area contributed by atoms with Crippen molar-refractivity contribution in [2.45, 2.75) is 6.42 Å². The van der Waals surface area contributed by atoms with E-state index in [-0.39, 0.29) is 11.3 Å². The van der Waals surface area contributed by atoms with Crippen LogP contribution in [0.25, 0.3) is 0 Å². The Hall–Kier alpha value is -3.65. The number of para-hydroxylation sites is 1. The summed E-state index contributed by atoms with van der Waals surface area (Å²) >= 11 is 0. The minimum atomic E-state index is -3.47. The van der Waals surface area contributed by atoms with Crippen LogP contribution in [0.2, 0.25) is 0 Å². The topological polar surface area (TPSA) is 102 Å². The Labute approximate surface area is 181 Å². The second-order valence-electron chi connectivity index (χ2n) is 6.90. The highest BCUT2D eigenvalue weighted by Crippen LogP contribution is 2.19. The fraction of sp³-hybridized carbons (Fsp3) is 0.130. The first kappa shape index (κ1) is 22.0. The van der Waals surface area contributed by atoms with E-state index < -0.39 is 28.5 Å². The van der Waals surface area contributed by atoms with Crippen molar-refractivity contribution in [1.82, 2.24) is 0 Å². The number of rotatable bonds is 8. The predicted octanol–water partition coefficient (Wildman–Crippen LogP) is 3.44. The molecule has 0 atom stereocenters. The second kappa shape index (κ2) is 9.90. The lowest BCUT2D eigenvalue weighted by atomic mass is 10.0. The van der Waals surface area contributed by atoms with Crippen LogP contribution in [0.3, 0.4) is 0 Å². The molecule has 160 valence electrons. The van der Waals surface area contributed by atoms with Gasteiger partial charge in [0, 0.05) is 11.4 Å². The molecule has 0 saturated carbocycles. The van der Waals surface area contributed by atoms with Crippen LogP contribution >= 0.6 is 0 Å². The van der Waals surface area contributed by atoms with Gasteiger partial charge in [0.15, 0.2) is 6.61 Å². The van der Waals surface area contributed by atoms with Gasteiger partial charge < -0.3 is 10.1 Å². The molecule has 3 aromatic rings. The first-order chi connectivity index (χ1) is 14.8. The third kappa shape index (κ3) is 6.97. The largest absolute Gasteiger partial charge is 0.452 e. The van der Waals surface area contributed by atoms with Gasteiger partial charge in [0.05, 0.1) is 11.8 Å². The Kier molecular flexibility index (Phi) is 7.04. The number of esters is 1. The van der Waals surface area contributed by atoms with E-state index in [0.29, 0.717) is 12.1 Å². The van der Waals surface area contributed by atoms with Gasteiger partial charge >= 0.3 is 5.97 Å². The van der Waals surface area contributed by atoms with Crippen LogP contribution in [0.1, 0.15) is 21.5 Å². The molecule has 0 aliphatic heterocycles. The molecule has 0 saturated heterocycles. The lowest BCUT2D eigenvalue weighted by Gasteiger charge is -2.12. The van der Waals surface area contributed by atoms with Crippen LogP contribution < -0.4 is 10.0 Å². The molecule has 3 aromatic carbocycles. The third-order valence-electron chi connectivity index (χ3n) is 4.26. The maximum atomic E-state index is 12.3. The van der Waals surface area contributed by atoms with Gasteiger partial charge in [-0.3, -0.25) is 9.52 Å². The fourth-order valence-electron chi connectivity index (χ4n) is 2.94. The van der Waals surface area contributed by atoms with E-state index in [1.54, 1.807) is 6.07 Å². The van der Waals surface area contributed by atoms with Crippen LogP contribution in [0, 0.1) is 0 Å².